The molecule has 156 valence electrons. The Kier molecular flexibility index (Phi) is 4.99. The number of nitrogens with zero attached hydrogens (tertiary/aromatic N) is 2. The molecule has 2 aromatic carbocycles. The number of carbonyl (C=O) groups is 2. The molecule has 0 bridgehead atoms. The smallest absolute Gasteiger partial charge is 0.322 e. The Morgan fingerprint density at radius 2 is 1.50 bits per heavy atom. The van der Waals surface area contributed by atoms with Crippen molar-refractivity contribution in [1.29, 1.82) is 0 Å². The van der Waals surface area contributed by atoms with Crippen LogP contribution < -0.4 is 24.4 Å². The zero-order valence-corrected chi connectivity index (χ0v) is 17.3. The fraction of sp³-hybridized carbons (Fsp3) is 0.273. The second kappa shape index (κ2) is 7.62. The van der Waals surface area contributed by atoms with Gasteiger partial charge in [-0.3, -0.25) is 9.69 Å². The quantitative estimate of drug-likeness (QED) is 0.821. The van der Waals surface area contributed by atoms with Crippen molar-refractivity contribution in [3.8, 4) is 17.2 Å². The summed E-state index contributed by atoms with van der Waals surface area (Å²) in [5.41, 5.74) is 2.65. The van der Waals surface area contributed by atoms with E-state index in [1.807, 2.05) is 12.1 Å². The van der Waals surface area contributed by atoms with Crippen LogP contribution in [0.1, 0.15) is 11.6 Å². The number of urea groups is 1. The highest BCUT2D eigenvalue weighted by Gasteiger charge is 2.43. The fourth-order valence-corrected chi connectivity index (χ4v) is 3.78. The summed E-state index contributed by atoms with van der Waals surface area (Å²) in [6.07, 6.45) is 0. The molecule has 2 heterocycles. The minimum atomic E-state index is -0.608. The van der Waals surface area contributed by atoms with E-state index in [0.717, 1.165) is 5.69 Å². The highest BCUT2D eigenvalue weighted by Crippen LogP contribution is 2.39. The summed E-state index contributed by atoms with van der Waals surface area (Å²) < 4.78 is 15.9. The summed E-state index contributed by atoms with van der Waals surface area (Å²) in [6.45, 7) is 0.308. The van der Waals surface area contributed by atoms with E-state index in [2.05, 4.69) is 5.32 Å². The Morgan fingerprint density at radius 1 is 0.900 bits per heavy atom. The summed E-state index contributed by atoms with van der Waals surface area (Å²) in [4.78, 5) is 29.2. The van der Waals surface area contributed by atoms with Crippen molar-refractivity contribution in [2.24, 2.45) is 0 Å². The predicted octanol–water partition coefficient (Wildman–Crippen LogP) is 2.71. The molecule has 2 aliphatic rings. The molecule has 8 nitrogen and oxygen atoms in total. The maximum Gasteiger partial charge on any atom is 0.322 e. The first-order valence-corrected chi connectivity index (χ1v) is 9.43. The minimum absolute atomic E-state index is 0.159. The van der Waals surface area contributed by atoms with Gasteiger partial charge in [-0.1, -0.05) is 0 Å². The Hall–Kier alpha value is -3.68. The first kappa shape index (κ1) is 19.6. The number of hydrogen-bond donors (Lipinski definition) is 1. The Morgan fingerprint density at radius 3 is 2.07 bits per heavy atom. The number of carbonyl (C=O) groups excluding carboxylic acids is 2. The summed E-state index contributed by atoms with van der Waals surface area (Å²) in [5.74, 6) is 1.71. The molecule has 1 N–H and O–H groups in total. The fourth-order valence-electron chi connectivity index (χ4n) is 3.78. The lowest BCUT2D eigenvalue weighted by molar-refractivity contribution is -0.114. The van der Waals surface area contributed by atoms with E-state index >= 15 is 0 Å². The van der Waals surface area contributed by atoms with Crippen molar-refractivity contribution in [3.05, 3.63) is 59.3 Å². The van der Waals surface area contributed by atoms with Gasteiger partial charge in [0.15, 0.2) is 0 Å². The summed E-state index contributed by atoms with van der Waals surface area (Å²) in [7, 11) is 6.37. The molecular formula is C22H23N3O5. The van der Waals surface area contributed by atoms with Crippen molar-refractivity contribution in [2.45, 2.75) is 6.04 Å². The number of ether oxygens (including phenoxy) is 3. The predicted molar refractivity (Wildman–Crippen MR) is 111 cm³/mol. The molecular weight excluding hydrogens is 386 g/mol. The van der Waals surface area contributed by atoms with Crippen LogP contribution in [0.3, 0.4) is 0 Å². The third kappa shape index (κ3) is 3.20. The largest absolute Gasteiger partial charge is 0.497 e. The first-order chi connectivity index (χ1) is 14.5. The van der Waals surface area contributed by atoms with Crippen LogP contribution in [0.2, 0.25) is 0 Å². The van der Waals surface area contributed by atoms with Gasteiger partial charge in [0, 0.05) is 18.8 Å². The van der Waals surface area contributed by atoms with Crippen molar-refractivity contribution in [3.63, 3.8) is 0 Å². The molecule has 30 heavy (non-hydrogen) atoms. The Bertz CT molecular complexity index is 1010. The average Bonchev–Trinajstić information content (AvgIpc) is 3.13. The van der Waals surface area contributed by atoms with E-state index in [4.69, 9.17) is 14.2 Å². The zero-order chi connectivity index (χ0) is 21.4. The van der Waals surface area contributed by atoms with Gasteiger partial charge >= 0.3 is 6.03 Å². The van der Waals surface area contributed by atoms with Gasteiger partial charge in [-0.15, -0.1) is 0 Å². The number of rotatable bonds is 5. The number of methoxy groups -OCH3 is 3. The molecule has 1 atom stereocenters. The SMILES string of the molecule is COc1ccc(N2CC3=C(C2=O)C(c2cc(OC)cc(OC)c2)NC(=O)N3C)cc1. The second-order valence-corrected chi connectivity index (χ2v) is 7.04. The molecule has 3 amide bonds. The standard InChI is InChI=1S/C22H23N3O5/c1-24-18-12-25(14-5-7-15(28-2)8-6-14)21(26)19(18)20(23-22(24)27)13-9-16(29-3)11-17(10-13)30-4/h5-11,20H,12H2,1-4H3,(H,23,27). The summed E-state index contributed by atoms with van der Waals surface area (Å²) in [5, 5.41) is 2.93. The van der Waals surface area contributed by atoms with E-state index in [1.165, 1.54) is 4.90 Å². The van der Waals surface area contributed by atoms with Gasteiger partial charge in [0.25, 0.3) is 5.91 Å². The van der Waals surface area contributed by atoms with Gasteiger partial charge in [0.1, 0.15) is 17.2 Å². The third-order valence-corrected chi connectivity index (χ3v) is 5.45. The number of amides is 3. The topological polar surface area (TPSA) is 80.3 Å². The first-order valence-electron chi connectivity index (χ1n) is 9.43. The van der Waals surface area contributed by atoms with E-state index in [9.17, 15) is 9.59 Å². The van der Waals surface area contributed by atoms with Crippen LogP contribution in [0.5, 0.6) is 17.2 Å². The number of nitrogens with one attached hydrogen (secondary N) is 1. The molecule has 2 aromatic rings. The second-order valence-electron chi connectivity index (χ2n) is 7.04. The molecule has 2 aliphatic heterocycles. The van der Waals surface area contributed by atoms with Crippen LogP contribution >= 0.6 is 0 Å². The van der Waals surface area contributed by atoms with Crippen molar-refractivity contribution >= 4 is 17.6 Å². The van der Waals surface area contributed by atoms with Crippen LogP contribution in [0.15, 0.2) is 53.7 Å². The van der Waals surface area contributed by atoms with E-state index in [0.29, 0.717) is 40.6 Å². The van der Waals surface area contributed by atoms with Crippen LogP contribution in [0.4, 0.5) is 10.5 Å². The van der Waals surface area contributed by atoms with Gasteiger partial charge in [-0.2, -0.15) is 0 Å². The molecule has 0 fully saturated rings. The number of benzene rings is 2. The number of anilines is 1. The lowest BCUT2D eigenvalue weighted by Crippen LogP contribution is -2.45. The van der Waals surface area contributed by atoms with Gasteiger partial charge in [0.2, 0.25) is 0 Å². The maximum atomic E-state index is 13.4. The highest BCUT2D eigenvalue weighted by molar-refractivity contribution is 6.11. The van der Waals surface area contributed by atoms with E-state index < -0.39 is 6.04 Å². The third-order valence-electron chi connectivity index (χ3n) is 5.45. The molecule has 0 saturated heterocycles. The summed E-state index contributed by atoms with van der Waals surface area (Å²) >= 11 is 0. The van der Waals surface area contributed by atoms with Gasteiger partial charge in [-0.05, 0) is 42.0 Å². The van der Waals surface area contributed by atoms with Crippen LogP contribution in [-0.4, -0.2) is 51.8 Å². The van der Waals surface area contributed by atoms with Gasteiger partial charge < -0.3 is 24.4 Å². The lowest BCUT2D eigenvalue weighted by Gasteiger charge is -2.31. The van der Waals surface area contributed by atoms with Gasteiger partial charge in [-0.25, -0.2) is 4.79 Å². The normalized spacial score (nSPS) is 18.3. The monoisotopic (exact) mass is 409 g/mol. The van der Waals surface area contributed by atoms with Crippen molar-refractivity contribution in [2.75, 3.05) is 39.8 Å². The number of likely N-dealkylation sites (N-methyl/N-ethyl adjacent to an activating group) is 1. The molecule has 0 aromatic heterocycles. The molecule has 0 aliphatic carbocycles. The van der Waals surface area contributed by atoms with E-state index in [1.54, 1.807) is 63.6 Å². The molecule has 0 spiro atoms. The van der Waals surface area contributed by atoms with Crippen LogP contribution in [-0.2, 0) is 4.79 Å². The van der Waals surface area contributed by atoms with Gasteiger partial charge in [0.05, 0.1) is 45.2 Å². The molecule has 0 saturated carbocycles. The molecule has 0 radical (unpaired) electrons. The van der Waals surface area contributed by atoms with E-state index in [-0.39, 0.29) is 11.9 Å². The van der Waals surface area contributed by atoms with Crippen LogP contribution in [0, 0.1) is 0 Å². The van der Waals surface area contributed by atoms with Crippen molar-refractivity contribution in [1.82, 2.24) is 10.2 Å². The minimum Gasteiger partial charge on any atom is -0.497 e. The molecule has 4 rings (SSSR count). The average molecular weight is 409 g/mol. The maximum absolute atomic E-state index is 13.4. The lowest BCUT2D eigenvalue weighted by atomic mass is 9.95. The molecule has 8 heteroatoms. The highest BCUT2D eigenvalue weighted by atomic mass is 16.5. The zero-order valence-electron chi connectivity index (χ0n) is 17.3. The van der Waals surface area contributed by atoms with Crippen LogP contribution in [0.25, 0.3) is 0 Å². The number of hydrogen-bond acceptors (Lipinski definition) is 5. The Labute approximate surface area is 174 Å². The summed E-state index contributed by atoms with van der Waals surface area (Å²) in [6, 6.07) is 11.7. The Balaban J connectivity index is 1.75. The van der Waals surface area contributed by atoms with Crippen molar-refractivity contribution < 1.29 is 23.8 Å². The molecule has 1 unspecified atom stereocenters.